The first-order chi connectivity index (χ1) is 18.7. The fraction of sp³-hybridized carbons (Fsp3) is 0.310. The summed E-state index contributed by atoms with van der Waals surface area (Å²) in [5, 5.41) is 7.56. The van der Waals surface area contributed by atoms with Gasteiger partial charge in [0.15, 0.2) is 0 Å². The maximum Gasteiger partial charge on any atom is 0.573 e. The third-order valence-corrected chi connectivity index (χ3v) is 7.47. The predicted octanol–water partition coefficient (Wildman–Crippen LogP) is 5.05. The van der Waals surface area contributed by atoms with Crippen molar-refractivity contribution < 1.29 is 22.7 Å². The zero-order chi connectivity index (χ0) is 27.2. The van der Waals surface area contributed by atoms with E-state index in [1.807, 2.05) is 43.5 Å². The standard InChI is InChI=1S/C29H28F3N5O2/c1-2-24-26(25-5-3-4-14-37(25)34-24)27(38)33-15-20-6-8-21(9-7-20)35-16-28(17-35)18-36(19-28)22-10-12-23(13-11-22)39-29(30,31)32/h3-14H,2,15-19H2,1H3,(H,33,38). The van der Waals surface area contributed by atoms with Crippen LogP contribution in [0, 0.1) is 5.41 Å². The molecule has 0 aliphatic carbocycles. The molecule has 0 atom stereocenters. The van der Waals surface area contributed by atoms with Crippen LogP contribution in [0.5, 0.6) is 5.75 Å². The molecule has 39 heavy (non-hydrogen) atoms. The van der Waals surface area contributed by atoms with Crippen molar-refractivity contribution in [3.63, 3.8) is 0 Å². The Labute approximate surface area is 223 Å². The molecule has 1 spiro atoms. The van der Waals surface area contributed by atoms with Crippen molar-refractivity contribution >= 4 is 22.8 Å². The number of alkyl halides is 3. The van der Waals surface area contributed by atoms with Gasteiger partial charge < -0.3 is 19.9 Å². The van der Waals surface area contributed by atoms with Crippen molar-refractivity contribution in [3.8, 4) is 5.75 Å². The minimum absolute atomic E-state index is 0.126. The molecule has 0 bridgehead atoms. The van der Waals surface area contributed by atoms with E-state index in [2.05, 4.69) is 37.1 Å². The molecular weight excluding hydrogens is 507 g/mol. The van der Waals surface area contributed by atoms with Gasteiger partial charge in [0.2, 0.25) is 0 Å². The van der Waals surface area contributed by atoms with Gasteiger partial charge in [-0.3, -0.25) is 4.79 Å². The predicted molar refractivity (Wildman–Crippen MR) is 142 cm³/mol. The van der Waals surface area contributed by atoms with Crippen LogP contribution in [0.25, 0.3) is 5.52 Å². The van der Waals surface area contributed by atoms with Crippen LogP contribution in [0.3, 0.4) is 0 Å². The summed E-state index contributed by atoms with van der Waals surface area (Å²) in [5.41, 5.74) is 5.47. The number of nitrogens with zero attached hydrogens (tertiary/aromatic N) is 4. The Balaban J connectivity index is 0.999. The number of carbonyl (C=O) groups excluding carboxylic acids is 1. The van der Waals surface area contributed by atoms with Crippen LogP contribution < -0.4 is 19.9 Å². The Bertz CT molecular complexity index is 1480. The summed E-state index contributed by atoms with van der Waals surface area (Å²) in [4.78, 5) is 17.5. The summed E-state index contributed by atoms with van der Waals surface area (Å²) in [6, 6.07) is 20.0. The van der Waals surface area contributed by atoms with E-state index in [1.54, 1.807) is 16.6 Å². The van der Waals surface area contributed by atoms with E-state index in [9.17, 15) is 18.0 Å². The van der Waals surface area contributed by atoms with E-state index < -0.39 is 6.36 Å². The smallest absolute Gasteiger partial charge is 0.406 e. The molecule has 4 aromatic rings. The lowest BCUT2D eigenvalue weighted by Crippen LogP contribution is -2.72. The van der Waals surface area contributed by atoms with Crippen molar-refractivity contribution in [3.05, 3.63) is 89.7 Å². The number of aromatic nitrogens is 2. The van der Waals surface area contributed by atoms with Crippen molar-refractivity contribution in [2.75, 3.05) is 36.0 Å². The molecule has 7 nitrogen and oxygen atoms in total. The number of benzene rings is 2. The van der Waals surface area contributed by atoms with Crippen LogP contribution in [0.15, 0.2) is 72.9 Å². The topological polar surface area (TPSA) is 62.1 Å². The average molecular weight is 536 g/mol. The maximum atomic E-state index is 13.0. The number of ether oxygens (including phenoxy) is 1. The summed E-state index contributed by atoms with van der Waals surface area (Å²) < 4.78 is 42.8. The Hall–Kier alpha value is -4.21. The zero-order valence-electron chi connectivity index (χ0n) is 21.4. The number of anilines is 2. The van der Waals surface area contributed by atoms with Crippen LogP contribution >= 0.6 is 0 Å². The summed E-state index contributed by atoms with van der Waals surface area (Å²) in [5.74, 6) is -0.334. The number of rotatable bonds is 7. The molecule has 2 aliphatic heterocycles. The van der Waals surface area contributed by atoms with Crippen molar-refractivity contribution in [2.24, 2.45) is 5.41 Å². The summed E-state index contributed by atoms with van der Waals surface area (Å²) in [6.07, 6.45) is -2.16. The van der Waals surface area contributed by atoms with Crippen molar-refractivity contribution in [1.82, 2.24) is 14.9 Å². The van der Waals surface area contributed by atoms with Gasteiger partial charge in [-0.05, 0) is 60.5 Å². The summed E-state index contributed by atoms with van der Waals surface area (Å²) in [6.45, 7) is 6.03. The Morgan fingerprint density at radius 2 is 1.56 bits per heavy atom. The van der Waals surface area contributed by atoms with Gasteiger partial charge in [-0.25, -0.2) is 4.52 Å². The Morgan fingerprint density at radius 1 is 0.949 bits per heavy atom. The molecule has 0 unspecified atom stereocenters. The quantitative estimate of drug-likeness (QED) is 0.359. The number of aryl methyl sites for hydroxylation is 1. The molecule has 2 saturated heterocycles. The van der Waals surface area contributed by atoms with Gasteiger partial charge in [-0.1, -0.05) is 25.1 Å². The molecule has 6 rings (SSSR count). The van der Waals surface area contributed by atoms with E-state index in [1.165, 1.54) is 12.1 Å². The fourth-order valence-corrected chi connectivity index (χ4v) is 5.59. The maximum absolute atomic E-state index is 13.0. The molecule has 2 fully saturated rings. The number of hydrogen-bond donors (Lipinski definition) is 1. The largest absolute Gasteiger partial charge is 0.573 e. The number of pyridine rings is 1. The molecule has 2 aromatic heterocycles. The molecule has 2 aliphatic rings. The van der Waals surface area contributed by atoms with E-state index in [0.717, 1.165) is 54.3 Å². The highest BCUT2D eigenvalue weighted by Gasteiger charge is 2.51. The molecule has 0 saturated carbocycles. The van der Waals surface area contributed by atoms with Gasteiger partial charge in [0.1, 0.15) is 5.75 Å². The SMILES string of the molecule is CCc1nn2ccccc2c1C(=O)NCc1ccc(N2CC3(C2)CN(c2ccc(OC(F)(F)F)cc2)C3)cc1. The van der Waals surface area contributed by atoms with Gasteiger partial charge in [-0.15, -0.1) is 13.2 Å². The first kappa shape index (κ1) is 25.1. The van der Waals surface area contributed by atoms with E-state index >= 15 is 0 Å². The van der Waals surface area contributed by atoms with Crippen LogP contribution in [0.4, 0.5) is 24.5 Å². The molecule has 10 heteroatoms. The minimum atomic E-state index is -4.68. The molecule has 4 heterocycles. The molecule has 1 N–H and O–H groups in total. The van der Waals surface area contributed by atoms with Gasteiger partial charge in [0, 0.05) is 55.7 Å². The van der Waals surface area contributed by atoms with E-state index in [0.29, 0.717) is 18.5 Å². The number of amides is 1. The van der Waals surface area contributed by atoms with Gasteiger partial charge in [-0.2, -0.15) is 5.10 Å². The van der Waals surface area contributed by atoms with Gasteiger partial charge in [0.05, 0.1) is 16.8 Å². The van der Waals surface area contributed by atoms with Crippen LogP contribution in [-0.2, 0) is 13.0 Å². The number of hydrogen-bond acceptors (Lipinski definition) is 5. The minimum Gasteiger partial charge on any atom is -0.406 e. The highest BCUT2D eigenvalue weighted by Crippen LogP contribution is 2.44. The fourth-order valence-electron chi connectivity index (χ4n) is 5.59. The van der Waals surface area contributed by atoms with Crippen LogP contribution in [-0.4, -0.2) is 48.1 Å². The van der Waals surface area contributed by atoms with Gasteiger partial charge >= 0.3 is 6.36 Å². The second-order valence-electron chi connectivity index (χ2n) is 10.3. The first-order valence-electron chi connectivity index (χ1n) is 12.9. The summed E-state index contributed by atoms with van der Waals surface area (Å²) in [7, 11) is 0. The molecule has 202 valence electrons. The first-order valence-corrected chi connectivity index (χ1v) is 12.9. The lowest BCUT2D eigenvalue weighted by molar-refractivity contribution is -0.274. The van der Waals surface area contributed by atoms with E-state index in [4.69, 9.17) is 0 Å². The van der Waals surface area contributed by atoms with E-state index in [-0.39, 0.29) is 17.1 Å². The lowest BCUT2D eigenvalue weighted by Gasteiger charge is -2.61. The highest BCUT2D eigenvalue weighted by molar-refractivity contribution is 6.02. The zero-order valence-corrected chi connectivity index (χ0v) is 21.4. The van der Waals surface area contributed by atoms with Gasteiger partial charge in [0.25, 0.3) is 5.91 Å². The molecular formula is C29H28F3N5O2. The average Bonchev–Trinajstić information content (AvgIpc) is 3.25. The Morgan fingerprint density at radius 3 is 2.15 bits per heavy atom. The lowest BCUT2D eigenvalue weighted by atomic mass is 9.72. The molecule has 1 amide bonds. The summed E-state index contributed by atoms with van der Waals surface area (Å²) >= 11 is 0. The normalized spacial score (nSPS) is 16.2. The number of nitrogens with one attached hydrogen (secondary N) is 1. The number of fused-ring (bicyclic) bond motifs is 1. The van der Waals surface area contributed by atoms with Crippen molar-refractivity contribution in [1.29, 1.82) is 0 Å². The second kappa shape index (κ2) is 9.52. The number of carbonyl (C=O) groups is 1. The highest BCUT2D eigenvalue weighted by atomic mass is 19.4. The third-order valence-electron chi connectivity index (χ3n) is 7.47. The second-order valence-corrected chi connectivity index (χ2v) is 10.3. The third kappa shape index (κ3) is 4.98. The number of halogens is 3. The molecule has 0 radical (unpaired) electrons. The monoisotopic (exact) mass is 535 g/mol. The van der Waals surface area contributed by atoms with Crippen LogP contribution in [0.2, 0.25) is 0 Å². The molecule has 2 aromatic carbocycles. The van der Waals surface area contributed by atoms with Crippen molar-refractivity contribution in [2.45, 2.75) is 26.3 Å². The Kier molecular flexibility index (Phi) is 6.12. The van der Waals surface area contributed by atoms with Crippen LogP contribution in [0.1, 0.15) is 28.5 Å².